The first-order valence-corrected chi connectivity index (χ1v) is 7.82. The molecule has 2 rings (SSSR count). The average molecular weight is 329 g/mol. The van der Waals surface area contributed by atoms with E-state index >= 15 is 0 Å². The molecule has 1 fully saturated rings. The molecule has 1 aromatic carbocycles. The quantitative estimate of drug-likeness (QED) is 0.908. The van der Waals surface area contributed by atoms with Gasteiger partial charge in [-0.15, -0.1) is 0 Å². The summed E-state index contributed by atoms with van der Waals surface area (Å²) in [4.78, 5) is 2.52. The van der Waals surface area contributed by atoms with Crippen LogP contribution in [0.2, 0.25) is 0 Å². The summed E-state index contributed by atoms with van der Waals surface area (Å²) in [6.45, 7) is 8.70. The topological polar surface area (TPSA) is 15.3 Å². The molecule has 4 heteroatoms. The Hall–Kier alpha value is -0.450. The molecule has 0 saturated carbocycles. The van der Waals surface area contributed by atoms with Gasteiger partial charge in [0.1, 0.15) is 5.82 Å². The number of halogens is 2. The van der Waals surface area contributed by atoms with Gasteiger partial charge in [-0.25, -0.2) is 4.39 Å². The second kappa shape index (κ2) is 6.82. The van der Waals surface area contributed by atoms with Crippen LogP contribution < -0.4 is 5.32 Å². The largest absolute Gasteiger partial charge is 0.314 e. The molecular weight excluding hydrogens is 307 g/mol. The summed E-state index contributed by atoms with van der Waals surface area (Å²) >= 11 is 3.30. The van der Waals surface area contributed by atoms with Gasteiger partial charge in [0.05, 0.1) is 4.47 Å². The van der Waals surface area contributed by atoms with Gasteiger partial charge in [0, 0.05) is 32.2 Å². The number of nitrogens with zero attached hydrogens (tertiary/aromatic N) is 1. The highest BCUT2D eigenvalue weighted by Gasteiger charge is 2.26. The van der Waals surface area contributed by atoms with Crippen molar-refractivity contribution in [2.24, 2.45) is 5.92 Å². The Morgan fingerprint density at radius 1 is 1.37 bits per heavy atom. The van der Waals surface area contributed by atoms with E-state index in [-0.39, 0.29) is 5.82 Å². The Balaban J connectivity index is 2.27. The van der Waals surface area contributed by atoms with Crippen LogP contribution in [0.4, 0.5) is 4.39 Å². The number of piperazine rings is 1. The second-order valence-electron chi connectivity index (χ2n) is 5.29. The molecule has 1 aliphatic heterocycles. The molecule has 0 spiro atoms. The van der Waals surface area contributed by atoms with Crippen LogP contribution in [0.25, 0.3) is 0 Å². The SMILES string of the molecule is CCC(C)[C@H](c1ccc(F)c(Br)c1)N1CCNCC1. The van der Waals surface area contributed by atoms with Crippen molar-refractivity contribution in [3.8, 4) is 0 Å². The lowest BCUT2D eigenvalue weighted by atomic mass is 9.90. The Bertz CT molecular complexity index is 419. The van der Waals surface area contributed by atoms with Crippen molar-refractivity contribution in [2.45, 2.75) is 26.3 Å². The maximum Gasteiger partial charge on any atom is 0.137 e. The van der Waals surface area contributed by atoms with E-state index < -0.39 is 0 Å². The van der Waals surface area contributed by atoms with E-state index in [9.17, 15) is 4.39 Å². The molecule has 0 aliphatic carbocycles. The van der Waals surface area contributed by atoms with E-state index in [0.717, 1.165) is 32.6 Å². The van der Waals surface area contributed by atoms with E-state index in [0.29, 0.717) is 16.4 Å². The minimum Gasteiger partial charge on any atom is -0.314 e. The first kappa shape index (κ1) is 14.9. The summed E-state index contributed by atoms with van der Waals surface area (Å²) in [6.07, 6.45) is 1.13. The molecule has 0 radical (unpaired) electrons. The third-order valence-electron chi connectivity index (χ3n) is 4.01. The van der Waals surface area contributed by atoms with Crippen molar-refractivity contribution in [1.29, 1.82) is 0 Å². The molecule has 1 aliphatic rings. The van der Waals surface area contributed by atoms with Crippen molar-refractivity contribution in [2.75, 3.05) is 26.2 Å². The normalized spacial score (nSPS) is 20.2. The highest BCUT2D eigenvalue weighted by molar-refractivity contribution is 9.10. The van der Waals surface area contributed by atoms with Crippen molar-refractivity contribution < 1.29 is 4.39 Å². The predicted octanol–water partition coefficient (Wildman–Crippen LogP) is 3.58. The van der Waals surface area contributed by atoms with Crippen molar-refractivity contribution in [1.82, 2.24) is 10.2 Å². The zero-order valence-corrected chi connectivity index (χ0v) is 13.2. The smallest absolute Gasteiger partial charge is 0.137 e. The van der Waals surface area contributed by atoms with Crippen LogP contribution in [0.5, 0.6) is 0 Å². The fraction of sp³-hybridized carbons (Fsp3) is 0.600. The third-order valence-corrected chi connectivity index (χ3v) is 4.62. The molecule has 1 heterocycles. The van der Waals surface area contributed by atoms with Gasteiger partial charge >= 0.3 is 0 Å². The van der Waals surface area contributed by atoms with Crippen molar-refractivity contribution in [3.63, 3.8) is 0 Å². The lowest BCUT2D eigenvalue weighted by Gasteiger charge is -2.38. The van der Waals surface area contributed by atoms with Crippen LogP contribution >= 0.6 is 15.9 Å². The van der Waals surface area contributed by atoms with Gasteiger partial charge in [-0.05, 0) is 39.5 Å². The fourth-order valence-corrected chi connectivity index (χ4v) is 3.18. The molecular formula is C15H22BrFN2. The number of nitrogens with one attached hydrogen (secondary N) is 1. The standard InChI is InChI=1S/C15H22BrFN2/c1-3-11(2)15(19-8-6-18-7-9-19)12-4-5-14(17)13(16)10-12/h4-5,10-11,15,18H,3,6-9H2,1-2H3/t11?,15-/m1/s1. The highest BCUT2D eigenvalue weighted by Crippen LogP contribution is 2.33. The van der Waals surface area contributed by atoms with Gasteiger partial charge in [0.15, 0.2) is 0 Å². The Labute approximate surface area is 123 Å². The molecule has 106 valence electrons. The molecule has 19 heavy (non-hydrogen) atoms. The van der Waals surface area contributed by atoms with Crippen LogP contribution in [-0.4, -0.2) is 31.1 Å². The van der Waals surface area contributed by atoms with Gasteiger partial charge in [-0.2, -0.15) is 0 Å². The number of hydrogen-bond acceptors (Lipinski definition) is 2. The minimum absolute atomic E-state index is 0.188. The van der Waals surface area contributed by atoms with Crippen LogP contribution in [0.15, 0.2) is 22.7 Å². The van der Waals surface area contributed by atoms with E-state index in [1.807, 2.05) is 12.1 Å². The number of hydrogen-bond donors (Lipinski definition) is 1. The molecule has 0 aromatic heterocycles. The van der Waals surface area contributed by atoms with Gasteiger partial charge in [0.2, 0.25) is 0 Å². The van der Waals surface area contributed by atoms with Gasteiger partial charge in [-0.1, -0.05) is 26.3 Å². The Morgan fingerprint density at radius 3 is 2.63 bits per heavy atom. The maximum absolute atomic E-state index is 13.4. The maximum atomic E-state index is 13.4. The van der Waals surface area contributed by atoms with Gasteiger partial charge in [-0.3, -0.25) is 4.90 Å². The van der Waals surface area contributed by atoms with Crippen LogP contribution in [0.3, 0.4) is 0 Å². The van der Waals surface area contributed by atoms with E-state index in [1.54, 1.807) is 6.07 Å². The van der Waals surface area contributed by atoms with Crippen LogP contribution in [-0.2, 0) is 0 Å². The fourth-order valence-electron chi connectivity index (χ4n) is 2.78. The van der Waals surface area contributed by atoms with E-state index in [2.05, 4.69) is 40.0 Å². The molecule has 2 atom stereocenters. The first-order chi connectivity index (χ1) is 9.13. The summed E-state index contributed by atoms with van der Waals surface area (Å²) in [6, 6.07) is 5.81. The van der Waals surface area contributed by atoms with Gasteiger partial charge in [0.25, 0.3) is 0 Å². The van der Waals surface area contributed by atoms with Crippen LogP contribution in [0.1, 0.15) is 31.9 Å². The summed E-state index contributed by atoms with van der Waals surface area (Å²) in [5.74, 6) is 0.377. The summed E-state index contributed by atoms with van der Waals surface area (Å²) < 4.78 is 14.0. The summed E-state index contributed by atoms with van der Waals surface area (Å²) in [5.41, 5.74) is 1.21. The summed E-state index contributed by atoms with van der Waals surface area (Å²) in [5, 5.41) is 3.39. The monoisotopic (exact) mass is 328 g/mol. The Kier molecular flexibility index (Phi) is 5.37. The lowest BCUT2D eigenvalue weighted by Crippen LogP contribution is -2.46. The predicted molar refractivity (Wildman–Crippen MR) is 80.7 cm³/mol. The van der Waals surface area contributed by atoms with Crippen molar-refractivity contribution >= 4 is 15.9 Å². The molecule has 1 aromatic rings. The molecule has 1 N–H and O–H groups in total. The molecule has 0 bridgehead atoms. The average Bonchev–Trinajstić information content (AvgIpc) is 2.44. The first-order valence-electron chi connectivity index (χ1n) is 7.03. The zero-order chi connectivity index (χ0) is 13.8. The minimum atomic E-state index is -0.188. The molecule has 2 nitrogen and oxygen atoms in total. The lowest BCUT2D eigenvalue weighted by molar-refractivity contribution is 0.128. The van der Waals surface area contributed by atoms with Crippen molar-refractivity contribution in [3.05, 3.63) is 34.1 Å². The highest BCUT2D eigenvalue weighted by atomic mass is 79.9. The summed E-state index contributed by atoms with van der Waals surface area (Å²) in [7, 11) is 0. The molecule has 1 unspecified atom stereocenters. The molecule has 0 amide bonds. The van der Waals surface area contributed by atoms with E-state index in [4.69, 9.17) is 0 Å². The number of benzene rings is 1. The van der Waals surface area contributed by atoms with E-state index in [1.165, 1.54) is 5.56 Å². The third kappa shape index (κ3) is 3.56. The molecule has 1 saturated heterocycles. The van der Waals surface area contributed by atoms with Crippen LogP contribution in [0, 0.1) is 11.7 Å². The second-order valence-corrected chi connectivity index (χ2v) is 6.14. The number of rotatable bonds is 4. The Morgan fingerprint density at radius 2 is 2.05 bits per heavy atom. The van der Waals surface area contributed by atoms with Gasteiger partial charge < -0.3 is 5.32 Å². The zero-order valence-electron chi connectivity index (χ0n) is 11.6.